The van der Waals surface area contributed by atoms with Crippen LogP contribution in [0.15, 0.2) is 18.2 Å². The zero-order valence-corrected chi connectivity index (χ0v) is 9.43. The van der Waals surface area contributed by atoms with Crippen LogP contribution >= 0.6 is 0 Å². The van der Waals surface area contributed by atoms with Crippen molar-refractivity contribution in [3.63, 3.8) is 0 Å². The minimum Gasteiger partial charge on any atom is -0.497 e. The number of nitrogens with zero attached hydrogens (tertiary/aromatic N) is 1. The van der Waals surface area contributed by atoms with Crippen molar-refractivity contribution >= 4 is 0 Å². The first-order valence-electron chi connectivity index (χ1n) is 5.02. The van der Waals surface area contributed by atoms with Gasteiger partial charge in [-0.1, -0.05) is 6.92 Å². The van der Waals surface area contributed by atoms with Gasteiger partial charge < -0.3 is 14.6 Å². The van der Waals surface area contributed by atoms with E-state index in [1.54, 1.807) is 18.2 Å². The fourth-order valence-electron chi connectivity index (χ4n) is 1.13. The van der Waals surface area contributed by atoms with Crippen molar-refractivity contribution in [1.82, 2.24) is 0 Å². The molecule has 1 aromatic carbocycles. The third kappa shape index (κ3) is 3.44. The van der Waals surface area contributed by atoms with Crippen molar-refractivity contribution in [2.24, 2.45) is 5.92 Å². The molecule has 0 aromatic heterocycles. The SMILES string of the molecule is COc1cc(C#N)cc(OCC(C)CO)c1. The van der Waals surface area contributed by atoms with Crippen LogP contribution < -0.4 is 9.47 Å². The molecule has 0 heterocycles. The number of rotatable bonds is 5. The van der Waals surface area contributed by atoms with Crippen molar-refractivity contribution in [2.45, 2.75) is 6.92 Å². The normalized spacial score (nSPS) is 11.6. The quantitative estimate of drug-likeness (QED) is 0.819. The number of aliphatic hydroxyl groups is 1. The zero-order valence-electron chi connectivity index (χ0n) is 9.43. The second-order valence-electron chi connectivity index (χ2n) is 3.61. The smallest absolute Gasteiger partial charge is 0.124 e. The molecule has 0 saturated heterocycles. The molecular formula is C12H15NO3. The molecule has 16 heavy (non-hydrogen) atoms. The Kier molecular flexibility index (Phi) is 4.62. The van der Waals surface area contributed by atoms with E-state index < -0.39 is 0 Å². The van der Waals surface area contributed by atoms with Crippen LogP contribution in [0.25, 0.3) is 0 Å². The van der Waals surface area contributed by atoms with Crippen LogP contribution in [0.3, 0.4) is 0 Å². The van der Waals surface area contributed by atoms with E-state index in [-0.39, 0.29) is 12.5 Å². The van der Waals surface area contributed by atoms with Crippen molar-refractivity contribution in [2.75, 3.05) is 20.3 Å². The first kappa shape index (κ1) is 12.3. The molecule has 4 heteroatoms. The molecule has 1 atom stereocenters. The van der Waals surface area contributed by atoms with Crippen LogP contribution in [0.4, 0.5) is 0 Å². The second-order valence-corrected chi connectivity index (χ2v) is 3.61. The van der Waals surface area contributed by atoms with Gasteiger partial charge in [-0.3, -0.25) is 0 Å². The van der Waals surface area contributed by atoms with Crippen LogP contribution in [0.1, 0.15) is 12.5 Å². The van der Waals surface area contributed by atoms with Gasteiger partial charge in [-0.05, 0) is 12.1 Å². The van der Waals surface area contributed by atoms with Gasteiger partial charge in [-0.25, -0.2) is 0 Å². The highest BCUT2D eigenvalue weighted by Gasteiger charge is 2.04. The molecule has 0 fully saturated rings. The Morgan fingerprint density at radius 2 is 2.06 bits per heavy atom. The van der Waals surface area contributed by atoms with Gasteiger partial charge in [-0.15, -0.1) is 0 Å². The summed E-state index contributed by atoms with van der Waals surface area (Å²) in [6.45, 7) is 2.37. The van der Waals surface area contributed by atoms with Gasteiger partial charge in [0.05, 0.1) is 25.3 Å². The van der Waals surface area contributed by atoms with Crippen molar-refractivity contribution in [1.29, 1.82) is 5.26 Å². The highest BCUT2D eigenvalue weighted by Crippen LogP contribution is 2.22. The Bertz CT molecular complexity index is 384. The minimum atomic E-state index is 0.0664. The average molecular weight is 221 g/mol. The minimum absolute atomic E-state index is 0.0664. The Balaban J connectivity index is 2.76. The molecule has 0 saturated carbocycles. The van der Waals surface area contributed by atoms with E-state index in [9.17, 15) is 0 Å². The third-order valence-electron chi connectivity index (χ3n) is 2.09. The predicted octanol–water partition coefficient (Wildman–Crippen LogP) is 1.57. The van der Waals surface area contributed by atoms with Gasteiger partial charge in [0, 0.05) is 18.6 Å². The molecule has 0 bridgehead atoms. The number of aliphatic hydroxyl groups excluding tert-OH is 1. The number of nitriles is 1. The maximum Gasteiger partial charge on any atom is 0.124 e. The molecule has 1 rings (SSSR count). The summed E-state index contributed by atoms with van der Waals surface area (Å²) in [4.78, 5) is 0. The summed E-state index contributed by atoms with van der Waals surface area (Å²) >= 11 is 0. The lowest BCUT2D eigenvalue weighted by Crippen LogP contribution is -2.12. The van der Waals surface area contributed by atoms with Gasteiger partial charge in [-0.2, -0.15) is 5.26 Å². The predicted molar refractivity (Wildman–Crippen MR) is 59.5 cm³/mol. The number of hydrogen-bond donors (Lipinski definition) is 1. The highest BCUT2D eigenvalue weighted by atomic mass is 16.5. The molecular weight excluding hydrogens is 206 g/mol. The number of methoxy groups -OCH3 is 1. The summed E-state index contributed by atoms with van der Waals surface area (Å²) in [6.07, 6.45) is 0. The molecule has 0 aliphatic carbocycles. The molecule has 1 N–H and O–H groups in total. The largest absolute Gasteiger partial charge is 0.497 e. The lowest BCUT2D eigenvalue weighted by Gasteiger charge is -2.11. The van der Waals surface area contributed by atoms with E-state index in [0.29, 0.717) is 23.7 Å². The van der Waals surface area contributed by atoms with Gasteiger partial charge in [0.2, 0.25) is 0 Å². The molecule has 1 unspecified atom stereocenters. The first-order valence-corrected chi connectivity index (χ1v) is 5.02. The van der Waals surface area contributed by atoms with Crippen LogP contribution in [-0.4, -0.2) is 25.4 Å². The first-order chi connectivity index (χ1) is 7.69. The summed E-state index contributed by atoms with van der Waals surface area (Å²) in [5.74, 6) is 1.23. The Morgan fingerprint density at radius 3 is 2.62 bits per heavy atom. The van der Waals surface area contributed by atoms with E-state index >= 15 is 0 Å². The fraction of sp³-hybridized carbons (Fsp3) is 0.417. The molecule has 1 aromatic rings. The fourth-order valence-corrected chi connectivity index (χ4v) is 1.13. The molecule has 86 valence electrons. The molecule has 0 radical (unpaired) electrons. The van der Waals surface area contributed by atoms with Gasteiger partial charge in [0.1, 0.15) is 11.5 Å². The standard InChI is InChI=1S/C12H15NO3/c1-9(7-14)8-16-12-4-10(6-13)3-11(5-12)15-2/h3-5,9,14H,7-8H2,1-2H3. The van der Waals surface area contributed by atoms with E-state index in [4.69, 9.17) is 19.8 Å². The molecule has 0 spiro atoms. The molecule has 0 aliphatic rings. The highest BCUT2D eigenvalue weighted by molar-refractivity contribution is 5.43. The summed E-state index contributed by atoms with van der Waals surface area (Å²) in [6, 6.07) is 7.03. The van der Waals surface area contributed by atoms with E-state index in [0.717, 1.165) is 0 Å². The van der Waals surface area contributed by atoms with Crippen LogP contribution in [-0.2, 0) is 0 Å². The van der Waals surface area contributed by atoms with Gasteiger partial charge >= 0.3 is 0 Å². The van der Waals surface area contributed by atoms with Gasteiger partial charge in [0.15, 0.2) is 0 Å². The topological polar surface area (TPSA) is 62.5 Å². The number of benzene rings is 1. The zero-order chi connectivity index (χ0) is 12.0. The maximum atomic E-state index is 8.86. The van der Waals surface area contributed by atoms with Crippen molar-refractivity contribution in [3.8, 4) is 17.6 Å². The lowest BCUT2D eigenvalue weighted by atomic mass is 10.2. The van der Waals surface area contributed by atoms with Crippen LogP contribution in [0.5, 0.6) is 11.5 Å². The summed E-state index contributed by atoms with van der Waals surface area (Å²) < 4.78 is 10.5. The molecule has 4 nitrogen and oxygen atoms in total. The van der Waals surface area contributed by atoms with E-state index in [2.05, 4.69) is 0 Å². The average Bonchev–Trinajstić information content (AvgIpc) is 2.35. The van der Waals surface area contributed by atoms with Gasteiger partial charge in [0.25, 0.3) is 0 Å². The second kappa shape index (κ2) is 5.99. The number of ether oxygens (including phenoxy) is 2. The van der Waals surface area contributed by atoms with Crippen LogP contribution in [0, 0.1) is 17.2 Å². The lowest BCUT2D eigenvalue weighted by molar-refractivity contribution is 0.174. The summed E-state index contributed by atoms with van der Waals surface area (Å²) in [7, 11) is 1.54. The Hall–Kier alpha value is -1.73. The van der Waals surface area contributed by atoms with Crippen molar-refractivity contribution < 1.29 is 14.6 Å². The monoisotopic (exact) mass is 221 g/mol. The third-order valence-corrected chi connectivity index (χ3v) is 2.09. The molecule has 0 amide bonds. The summed E-state index contributed by atoms with van der Waals surface area (Å²) in [5.41, 5.74) is 0.492. The Morgan fingerprint density at radius 1 is 1.38 bits per heavy atom. The molecule has 0 aliphatic heterocycles. The van der Waals surface area contributed by atoms with E-state index in [1.165, 1.54) is 7.11 Å². The van der Waals surface area contributed by atoms with E-state index in [1.807, 2.05) is 13.0 Å². The van der Waals surface area contributed by atoms with Crippen molar-refractivity contribution in [3.05, 3.63) is 23.8 Å². The summed E-state index contributed by atoms with van der Waals surface area (Å²) in [5, 5.41) is 17.7. The van der Waals surface area contributed by atoms with Crippen LogP contribution in [0.2, 0.25) is 0 Å². The maximum absolute atomic E-state index is 8.86. The number of hydrogen-bond acceptors (Lipinski definition) is 4. The Labute approximate surface area is 95.0 Å².